The Morgan fingerprint density at radius 3 is 2.68 bits per heavy atom. The van der Waals surface area contributed by atoms with Gasteiger partial charge in [-0.2, -0.15) is 0 Å². The first-order chi connectivity index (χ1) is 9.06. The predicted octanol–water partition coefficient (Wildman–Crippen LogP) is 2.79. The van der Waals surface area contributed by atoms with Gasteiger partial charge in [0.05, 0.1) is 6.61 Å². The minimum atomic E-state index is -0.732. The van der Waals surface area contributed by atoms with Crippen molar-refractivity contribution in [1.29, 1.82) is 0 Å². The minimum Gasteiger partial charge on any atom is -0.465 e. The largest absolute Gasteiger partial charge is 0.465 e. The molecule has 2 N–H and O–H groups in total. The van der Waals surface area contributed by atoms with E-state index in [0.29, 0.717) is 12.6 Å². The second-order valence-electron chi connectivity index (χ2n) is 4.83. The summed E-state index contributed by atoms with van der Waals surface area (Å²) in [5.41, 5.74) is 7.93. The van der Waals surface area contributed by atoms with Crippen LogP contribution in [0.25, 0.3) is 10.9 Å². The molecule has 0 aliphatic rings. The van der Waals surface area contributed by atoms with Gasteiger partial charge in [-0.05, 0) is 26.8 Å². The highest BCUT2D eigenvalue weighted by atomic mass is 16.5. The topological polar surface area (TPSA) is 57.2 Å². The van der Waals surface area contributed by atoms with Gasteiger partial charge in [0.2, 0.25) is 0 Å². The van der Waals surface area contributed by atoms with Gasteiger partial charge in [-0.1, -0.05) is 18.2 Å². The van der Waals surface area contributed by atoms with Gasteiger partial charge in [-0.3, -0.25) is 0 Å². The highest BCUT2D eigenvalue weighted by molar-refractivity contribution is 5.90. The number of fused-ring (bicyclic) bond motifs is 1. The van der Waals surface area contributed by atoms with Gasteiger partial charge >= 0.3 is 5.97 Å². The van der Waals surface area contributed by atoms with Crippen molar-refractivity contribution < 1.29 is 9.53 Å². The van der Waals surface area contributed by atoms with Crippen LogP contribution in [0, 0.1) is 0 Å². The quantitative estimate of drug-likeness (QED) is 0.860. The molecule has 0 spiro atoms. The van der Waals surface area contributed by atoms with Crippen LogP contribution in [0.5, 0.6) is 0 Å². The molecule has 1 aromatic carbocycles. The first-order valence-electron chi connectivity index (χ1n) is 6.58. The maximum Gasteiger partial charge on any atom is 0.327 e. The van der Waals surface area contributed by atoms with E-state index in [1.54, 1.807) is 6.92 Å². The number of benzene rings is 1. The molecule has 102 valence electrons. The number of esters is 1. The van der Waals surface area contributed by atoms with Crippen LogP contribution in [0.4, 0.5) is 0 Å². The number of nitrogens with zero attached hydrogens (tertiary/aromatic N) is 1. The summed E-state index contributed by atoms with van der Waals surface area (Å²) >= 11 is 0. The zero-order valence-electron chi connectivity index (χ0n) is 11.6. The normalized spacial score (nSPS) is 12.9. The lowest BCUT2D eigenvalue weighted by atomic mass is 10.1. The monoisotopic (exact) mass is 260 g/mol. The van der Waals surface area contributed by atoms with Crippen molar-refractivity contribution in [2.24, 2.45) is 5.73 Å². The summed E-state index contributed by atoms with van der Waals surface area (Å²) in [4.78, 5) is 11.8. The summed E-state index contributed by atoms with van der Waals surface area (Å²) in [7, 11) is 0. The van der Waals surface area contributed by atoms with Crippen molar-refractivity contribution in [3.05, 3.63) is 36.0 Å². The maximum absolute atomic E-state index is 11.8. The number of carbonyl (C=O) groups is 1. The average Bonchev–Trinajstić information content (AvgIpc) is 2.78. The Morgan fingerprint density at radius 2 is 2.05 bits per heavy atom. The number of hydrogen-bond donors (Lipinski definition) is 1. The molecule has 0 fully saturated rings. The third-order valence-electron chi connectivity index (χ3n) is 3.20. The fraction of sp³-hybridized carbons (Fsp3) is 0.400. The van der Waals surface area contributed by atoms with Crippen LogP contribution in [0.2, 0.25) is 0 Å². The third-order valence-corrected chi connectivity index (χ3v) is 3.20. The van der Waals surface area contributed by atoms with Crippen LogP contribution in [0.3, 0.4) is 0 Å². The van der Waals surface area contributed by atoms with E-state index in [9.17, 15) is 4.79 Å². The summed E-state index contributed by atoms with van der Waals surface area (Å²) in [6.07, 6.45) is 1.96. The Hall–Kier alpha value is -1.81. The lowest BCUT2D eigenvalue weighted by Crippen LogP contribution is -2.23. The molecule has 4 nitrogen and oxygen atoms in total. The van der Waals surface area contributed by atoms with Gasteiger partial charge in [0, 0.05) is 28.7 Å². The van der Waals surface area contributed by atoms with Gasteiger partial charge in [0.15, 0.2) is 0 Å². The lowest BCUT2D eigenvalue weighted by Gasteiger charge is -2.10. The molecule has 4 heteroatoms. The summed E-state index contributed by atoms with van der Waals surface area (Å²) < 4.78 is 7.13. The Balaban J connectivity index is 2.52. The Kier molecular flexibility index (Phi) is 3.90. The van der Waals surface area contributed by atoms with Crippen molar-refractivity contribution in [3.8, 4) is 0 Å². The number of para-hydroxylation sites is 1. The number of aromatic nitrogens is 1. The summed E-state index contributed by atoms with van der Waals surface area (Å²) in [6.45, 7) is 6.33. The standard InChI is InChI=1S/C15H20N2O2/c1-4-19-15(18)14(16)12-9-17(10(2)3)13-8-6-5-7-11(12)13/h5-10,14H,4,16H2,1-3H3. The molecule has 0 saturated heterocycles. The first-order valence-corrected chi connectivity index (χ1v) is 6.58. The number of nitrogens with two attached hydrogens (primary N) is 1. The molecule has 0 bridgehead atoms. The van der Waals surface area contributed by atoms with E-state index in [-0.39, 0.29) is 5.97 Å². The van der Waals surface area contributed by atoms with Crippen LogP contribution in [0.1, 0.15) is 38.4 Å². The van der Waals surface area contributed by atoms with Gasteiger partial charge in [-0.25, -0.2) is 4.79 Å². The molecule has 1 heterocycles. The molecule has 1 aromatic heterocycles. The molecule has 0 amide bonds. The van der Waals surface area contributed by atoms with E-state index in [0.717, 1.165) is 16.5 Å². The Morgan fingerprint density at radius 1 is 1.37 bits per heavy atom. The van der Waals surface area contributed by atoms with E-state index in [1.807, 2.05) is 30.5 Å². The summed E-state index contributed by atoms with van der Waals surface area (Å²) in [6, 6.07) is 7.55. The van der Waals surface area contributed by atoms with Crippen LogP contribution in [-0.4, -0.2) is 17.1 Å². The van der Waals surface area contributed by atoms with E-state index in [1.165, 1.54) is 0 Å². The zero-order valence-corrected chi connectivity index (χ0v) is 11.6. The van der Waals surface area contributed by atoms with Gasteiger partial charge in [0.25, 0.3) is 0 Å². The van der Waals surface area contributed by atoms with E-state index in [4.69, 9.17) is 10.5 Å². The SMILES string of the molecule is CCOC(=O)C(N)c1cn(C(C)C)c2ccccc12. The first kappa shape index (κ1) is 13.6. The number of ether oxygens (including phenoxy) is 1. The zero-order chi connectivity index (χ0) is 14.0. The van der Waals surface area contributed by atoms with Crippen molar-refractivity contribution in [1.82, 2.24) is 4.57 Å². The third kappa shape index (κ3) is 2.49. The van der Waals surface area contributed by atoms with Crippen LogP contribution in [-0.2, 0) is 9.53 Å². The predicted molar refractivity (Wildman–Crippen MR) is 75.9 cm³/mol. The van der Waals surface area contributed by atoms with Crippen molar-refractivity contribution in [3.63, 3.8) is 0 Å². The molecule has 0 radical (unpaired) electrons. The molecule has 2 aromatic rings. The van der Waals surface area contributed by atoms with Crippen LogP contribution >= 0.6 is 0 Å². The Bertz CT molecular complexity index is 587. The molecule has 2 rings (SSSR count). The molecular weight excluding hydrogens is 240 g/mol. The van der Waals surface area contributed by atoms with Crippen molar-refractivity contribution in [2.45, 2.75) is 32.9 Å². The lowest BCUT2D eigenvalue weighted by molar-refractivity contribution is -0.144. The highest BCUT2D eigenvalue weighted by Crippen LogP contribution is 2.28. The smallest absolute Gasteiger partial charge is 0.327 e. The Labute approximate surface area is 113 Å². The fourth-order valence-electron chi connectivity index (χ4n) is 2.27. The molecule has 1 unspecified atom stereocenters. The van der Waals surface area contributed by atoms with E-state index >= 15 is 0 Å². The van der Waals surface area contributed by atoms with Crippen molar-refractivity contribution in [2.75, 3.05) is 6.61 Å². The average molecular weight is 260 g/mol. The van der Waals surface area contributed by atoms with E-state index in [2.05, 4.69) is 18.4 Å². The summed E-state index contributed by atoms with van der Waals surface area (Å²) in [5, 5.41) is 1.01. The molecule has 19 heavy (non-hydrogen) atoms. The fourth-order valence-corrected chi connectivity index (χ4v) is 2.27. The van der Waals surface area contributed by atoms with Gasteiger partial charge in [0.1, 0.15) is 6.04 Å². The summed E-state index contributed by atoms with van der Waals surface area (Å²) in [5.74, 6) is -0.380. The van der Waals surface area contributed by atoms with Gasteiger partial charge < -0.3 is 15.0 Å². The molecule has 1 atom stereocenters. The van der Waals surface area contributed by atoms with Crippen LogP contribution < -0.4 is 5.73 Å². The molecule has 0 saturated carbocycles. The molecule has 0 aliphatic heterocycles. The van der Waals surface area contributed by atoms with Crippen LogP contribution in [0.15, 0.2) is 30.5 Å². The second kappa shape index (κ2) is 5.45. The van der Waals surface area contributed by atoms with Gasteiger partial charge in [-0.15, -0.1) is 0 Å². The number of rotatable bonds is 4. The maximum atomic E-state index is 11.8. The minimum absolute atomic E-state index is 0.313. The number of carbonyl (C=O) groups excluding carboxylic acids is 1. The van der Waals surface area contributed by atoms with Crippen molar-refractivity contribution >= 4 is 16.9 Å². The highest BCUT2D eigenvalue weighted by Gasteiger charge is 2.22. The molecule has 0 aliphatic carbocycles. The molecular formula is C15H20N2O2. The number of hydrogen-bond acceptors (Lipinski definition) is 3. The van der Waals surface area contributed by atoms with E-state index < -0.39 is 6.04 Å². The second-order valence-corrected chi connectivity index (χ2v) is 4.83.